The summed E-state index contributed by atoms with van der Waals surface area (Å²) in [4.78, 5) is 38.0. The Balaban J connectivity index is 1.92. The van der Waals surface area contributed by atoms with Crippen LogP contribution in [-0.2, 0) is 15.0 Å². The maximum Gasteiger partial charge on any atom is 0.300 e. The quantitative estimate of drug-likeness (QED) is 0.146. The number of nitrogens with zero attached hydrogens (tertiary/aromatic N) is 2. The van der Waals surface area contributed by atoms with Crippen LogP contribution in [-0.4, -0.2) is 21.7 Å². The number of carbonyl (C=O) groups excluding carboxylic acids is 2. The number of carbonyl (C=O) groups is 2. The lowest BCUT2D eigenvalue weighted by Gasteiger charge is -2.26. The molecule has 4 rings (SSSR count). The predicted octanol–water partition coefficient (Wildman–Crippen LogP) is 6.31. The van der Waals surface area contributed by atoms with Crippen molar-refractivity contribution in [1.82, 2.24) is 0 Å². The number of rotatable bonds is 4. The van der Waals surface area contributed by atoms with E-state index in [1.165, 1.54) is 36.4 Å². The molecule has 1 heterocycles. The van der Waals surface area contributed by atoms with Gasteiger partial charge < -0.3 is 5.11 Å². The van der Waals surface area contributed by atoms with Crippen LogP contribution in [0.25, 0.3) is 5.76 Å². The van der Waals surface area contributed by atoms with Gasteiger partial charge in [-0.05, 0) is 46.9 Å². The minimum absolute atomic E-state index is 0.132. The first-order valence-corrected chi connectivity index (χ1v) is 11.4. The molecule has 0 spiro atoms. The van der Waals surface area contributed by atoms with Crippen LogP contribution in [0, 0.1) is 15.9 Å². The summed E-state index contributed by atoms with van der Waals surface area (Å²) in [6, 6.07) is 14.9. The lowest BCUT2D eigenvalue weighted by atomic mass is 9.85. The van der Waals surface area contributed by atoms with Crippen molar-refractivity contribution < 1.29 is 24.0 Å². The number of ketones is 1. The second kappa shape index (κ2) is 9.20. The number of nitro groups is 1. The summed E-state index contributed by atoms with van der Waals surface area (Å²) < 4.78 is 13.9. The van der Waals surface area contributed by atoms with Crippen LogP contribution < -0.4 is 4.90 Å². The molecule has 7 nitrogen and oxygen atoms in total. The van der Waals surface area contributed by atoms with Gasteiger partial charge in [0, 0.05) is 23.4 Å². The molecule has 0 aromatic heterocycles. The molecule has 1 atom stereocenters. The van der Waals surface area contributed by atoms with Crippen LogP contribution in [0.1, 0.15) is 43.5 Å². The van der Waals surface area contributed by atoms with Gasteiger partial charge in [0.25, 0.3) is 17.4 Å². The zero-order chi connectivity index (χ0) is 26.4. The van der Waals surface area contributed by atoms with Gasteiger partial charge in [0.1, 0.15) is 11.6 Å². The number of nitro benzene ring substituents is 1. The fourth-order valence-electron chi connectivity index (χ4n) is 4.11. The first-order chi connectivity index (χ1) is 16.9. The summed E-state index contributed by atoms with van der Waals surface area (Å²) in [5, 5.41) is 21.9. The Morgan fingerprint density at radius 2 is 1.64 bits per heavy atom. The van der Waals surface area contributed by atoms with Crippen LogP contribution >= 0.6 is 11.6 Å². The van der Waals surface area contributed by atoms with Crippen LogP contribution in [0.2, 0.25) is 5.02 Å². The van der Waals surface area contributed by atoms with E-state index >= 15 is 0 Å². The number of aliphatic hydroxyl groups is 1. The Morgan fingerprint density at radius 1 is 1.03 bits per heavy atom. The first-order valence-electron chi connectivity index (χ1n) is 11.0. The highest BCUT2D eigenvalue weighted by molar-refractivity contribution is 6.51. The van der Waals surface area contributed by atoms with Crippen molar-refractivity contribution in [2.75, 3.05) is 4.90 Å². The topological polar surface area (TPSA) is 101 Å². The molecule has 3 aromatic carbocycles. The Kier molecular flexibility index (Phi) is 6.41. The van der Waals surface area contributed by atoms with E-state index in [0.717, 1.165) is 16.5 Å². The molecule has 1 aliphatic heterocycles. The first kappa shape index (κ1) is 25.1. The van der Waals surface area contributed by atoms with Crippen LogP contribution in [0.4, 0.5) is 15.8 Å². The molecule has 0 bridgehead atoms. The Bertz CT molecular complexity index is 1410. The molecular formula is C27H22ClFN2O5. The normalized spacial score (nSPS) is 17.5. The van der Waals surface area contributed by atoms with Gasteiger partial charge >= 0.3 is 0 Å². The zero-order valence-corrected chi connectivity index (χ0v) is 20.4. The van der Waals surface area contributed by atoms with Crippen LogP contribution in [0.15, 0.2) is 72.3 Å². The average Bonchev–Trinajstić information content (AvgIpc) is 3.10. The summed E-state index contributed by atoms with van der Waals surface area (Å²) in [5.74, 6) is -3.04. The van der Waals surface area contributed by atoms with Crippen molar-refractivity contribution in [3.8, 4) is 0 Å². The van der Waals surface area contributed by atoms with E-state index in [1.807, 2.05) is 32.9 Å². The lowest BCUT2D eigenvalue weighted by molar-refractivity contribution is -0.384. The van der Waals surface area contributed by atoms with E-state index in [-0.39, 0.29) is 32.9 Å². The predicted molar refractivity (Wildman–Crippen MR) is 134 cm³/mol. The molecule has 36 heavy (non-hydrogen) atoms. The standard InChI is InChI=1S/C27H22ClFN2O5/c1-27(2,3)17-8-4-15(5-9-17)23-22(24(32)16-6-10-18(11-7-16)31(35)36)25(33)26(34)30(23)19-12-13-21(29)20(28)14-19/h4-14,23,32H,1-3H3/b24-22+. The van der Waals surface area contributed by atoms with E-state index < -0.39 is 34.2 Å². The lowest BCUT2D eigenvalue weighted by Crippen LogP contribution is -2.29. The number of Topliss-reactive ketones (excluding diaryl/α,β-unsaturated/α-hetero) is 1. The number of hydrogen-bond acceptors (Lipinski definition) is 5. The summed E-state index contributed by atoms with van der Waals surface area (Å²) in [6.45, 7) is 6.13. The highest BCUT2D eigenvalue weighted by Gasteiger charge is 2.47. The van der Waals surface area contributed by atoms with Gasteiger partial charge in [-0.25, -0.2) is 4.39 Å². The van der Waals surface area contributed by atoms with Crippen molar-refractivity contribution in [1.29, 1.82) is 0 Å². The van der Waals surface area contributed by atoms with Crippen molar-refractivity contribution in [2.24, 2.45) is 0 Å². The molecule has 1 aliphatic rings. The SMILES string of the molecule is CC(C)(C)c1ccc(C2/C(=C(\O)c3ccc([N+](=O)[O-])cc3)C(=O)C(=O)N2c2ccc(F)c(Cl)c2)cc1. The van der Waals surface area contributed by atoms with E-state index in [0.29, 0.717) is 5.56 Å². The van der Waals surface area contributed by atoms with Gasteiger partial charge in [-0.3, -0.25) is 24.6 Å². The maximum absolute atomic E-state index is 13.9. The smallest absolute Gasteiger partial charge is 0.300 e. The van der Waals surface area contributed by atoms with Crippen molar-refractivity contribution >= 4 is 40.4 Å². The number of non-ortho nitro benzene ring substituents is 1. The van der Waals surface area contributed by atoms with Crippen molar-refractivity contribution in [3.05, 3.63) is 110 Å². The Hall–Kier alpha value is -4.04. The molecule has 1 saturated heterocycles. The number of anilines is 1. The molecule has 1 amide bonds. The third-order valence-corrected chi connectivity index (χ3v) is 6.36. The summed E-state index contributed by atoms with van der Waals surface area (Å²) >= 11 is 5.96. The number of aliphatic hydroxyl groups excluding tert-OH is 1. The second-order valence-electron chi connectivity index (χ2n) is 9.44. The fraction of sp³-hybridized carbons (Fsp3) is 0.185. The highest BCUT2D eigenvalue weighted by Crippen LogP contribution is 2.43. The largest absolute Gasteiger partial charge is 0.507 e. The van der Waals surface area contributed by atoms with Gasteiger partial charge in [-0.15, -0.1) is 0 Å². The molecule has 1 fully saturated rings. The zero-order valence-electron chi connectivity index (χ0n) is 19.7. The summed E-state index contributed by atoms with van der Waals surface area (Å²) in [6.07, 6.45) is 0. The molecule has 3 aromatic rings. The fourth-order valence-corrected chi connectivity index (χ4v) is 4.29. The maximum atomic E-state index is 13.9. The minimum atomic E-state index is -1.05. The third kappa shape index (κ3) is 4.47. The Morgan fingerprint density at radius 3 is 2.17 bits per heavy atom. The van der Waals surface area contributed by atoms with Gasteiger partial charge in [-0.2, -0.15) is 0 Å². The van der Waals surface area contributed by atoms with E-state index in [4.69, 9.17) is 11.6 Å². The molecule has 184 valence electrons. The number of halogens is 2. The summed E-state index contributed by atoms with van der Waals surface area (Å²) in [5.41, 5.74) is 1.32. The second-order valence-corrected chi connectivity index (χ2v) is 9.85. The molecule has 9 heteroatoms. The van der Waals surface area contributed by atoms with Gasteiger partial charge in [0.05, 0.1) is 21.6 Å². The van der Waals surface area contributed by atoms with E-state index in [9.17, 15) is 29.2 Å². The minimum Gasteiger partial charge on any atom is -0.507 e. The number of benzene rings is 3. The van der Waals surface area contributed by atoms with E-state index in [2.05, 4.69) is 0 Å². The monoisotopic (exact) mass is 508 g/mol. The average molecular weight is 509 g/mol. The van der Waals surface area contributed by atoms with E-state index in [1.54, 1.807) is 12.1 Å². The molecule has 1 unspecified atom stereocenters. The van der Waals surface area contributed by atoms with Gasteiger partial charge in [0.2, 0.25) is 0 Å². The molecule has 1 N–H and O–H groups in total. The highest BCUT2D eigenvalue weighted by atomic mass is 35.5. The molecule has 0 aliphatic carbocycles. The third-order valence-electron chi connectivity index (χ3n) is 6.07. The Labute approximate surface area is 211 Å². The van der Waals surface area contributed by atoms with Crippen molar-refractivity contribution in [3.63, 3.8) is 0 Å². The number of hydrogen-bond donors (Lipinski definition) is 1. The number of amides is 1. The van der Waals surface area contributed by atoms with Crippen LogP contribution in [0.3, 0.4) is 0 Å². The van der Waals surface area contributed by atoms with Gasteiger partial charge in [0.15, 0.2) is 0 Å². The van der Waals surface area contributed by atoms with Crippen molar-refractivity contribution in [2.45, 2.75) is 32.2 Å². The molecular weight excluding hydrogens is 487 g/mol. The molecule has 0 saturated carbocycles. The molecule has 0 radical (unpaired) electrons. The van der Waals surface area contributed by atoms with Gasteiger partial charge in [-0.1, -0.05) is 56.6 Å². The summed E-state index contributed by atoms with van der Waals surface area (Å²) in [7, 11) is 0. The van der Waals surface area contributed by atoms with Crippen LogP contribution in [0.5, 0.6) is 0 Å².